The van der Waals surface area contributed by atoms with Crippen molar-refractivity contribution in [3.8, 4) is 5.75 Å². The molecule has 2 aromatic carbocycles. The number of amides is 2. The monoisotopic (exact) mass is 557 g/mol. The Bertz CT molecular complexity index is 1240. The zero-order valence-electron chi connectivity index (χ0n) is 23.9. The molecule has 0 aromatic heterocycles. The molecule has 39 heavy (non-hydrogen) atoms. The largest absolute Gasteiger partial charge is 0.497 e. The standard InChI is InChI=1S/C30H43N3O5S/c1-6-27(30(35)31-25-12-7-8-13-25)32(21-24-11-9-14-26(20-24)38-4)29(34)15-10-18-33(39(5,36)37)28-19-22(2)16-17-23(28)3/h9,11,14,16-17,19-20,25,27H,6-8,10,12-13,15,18,21H2,1-5H3,(H,31,35)/t27-/m1/s1. The molecule has 214 valence electrons. The molecule has 1 N–H and O–H groups in total. The molecule has 0 spiro atoms. The molecule has 3 rings (SSSR count). The van der Waals surface area contributed by atoms with Gasteiger partial charge < -0.3 is 15.0 Å². The van der Waals surface area contributed by atoms with Crippen molar-refractivity contribution >= 4 is 27.5 Å². The molecule has 9 heteroatoms. The smallest absolute Gasteiger partial charge is 0.243 e. The van der Waals surface area contributed by atoms with Crippen LogP contribution in [-0.2, 0) is 26.2 Å². The highest BCUT2D eigenvalue weighted by Gasteiger charge is 2.31. The number of aryl methyl sites for hydroxylation is 2. The van der Waals surface area contributed by atoms with Crippen LogP contribution in [0.15, 0.2) is 42.5 Å². The number of sulfonamides is 1. The fraction of sp³-hybridized carbons (Fsp3) is 0.533. The lowest BCUT2D eigenvalue weighted by Gasteiger charge is -2.32. The number of hydrogen-bond donors (Lipinski definition) is 1. The van der Waals surface area contributed by atoms with Crippen LogP contribution in [0.5, 0.6) is 5.75 Å². The highest BCUT2D eigenvalue weighted by molar-refractivity contribution is 7.92. The summed E-state index contributed by atoms with van der Waals surface area (Å²) < 4.78 is 32.1. The van der Waals surface area contributed by atoms with Gasteiger partial charge in [0.25, 0.3) is 0 Å². The van der Waals surface area contributed by atoms with Crippen molar-refractivity contribution in [2.45, 2.75) is 84.3 Å². The summed E-state index contributed by atoms with van der Waals surface area (Å²) in [5.41, 5.74) is 3.30. The minimum Gasteiger partial charge on any atom is -0.497 e. The van der Waals surface area contributed by atoms with Crippen molar-refractivity contribution in [3.05, 3.63) is 59.2 Å². The topological polar surface area (TPSA) is 96.0 Å². The van der Waals surface area contributed by atoms with E-state index < -0.39 is 16.1 Å². The summed E-state index contributed by atoms with van der Waals surface area (Å²) in [6.07, 6.45) is 6.25. The van der Waals surface area contributed by atoms with E-state index in [9.17, 15) is 18.0 Å². The zero-order valence-corrected chi connectivity index (χ0v) is 24.7. The number of hydrogen-bond acceptors (Lipinski definition) is 5. The van der Waals surface area contributed by atoms with Crippen molar-refractivity contribution in [1.82, 2.24) is 10.2 Å². The molecule has 0 radical (unpaired) electrons. The van der Waals surface area contributed by atoms with Gasteiger partial charge in [0.15, 0.2) is 0 Å². The number of rotatable bonds is 13. The first-order valence-electron chi connectivity index (χ1n) is 13.8. The highest BCUT2D eigenvalue weighted by Crippen LogP contribution is 2.25. The molecular weight excluding hydrogens is 514 g/mol. The first-order valence-corrected chi connectivity index (χ1v) is 15.7. The Morgan fingerprint density at radius 1 is 1.10 bits per heavy atom. The lowest BCUT2D eigenvalue weighted by atomic mass is 10.1. The van der Waals surface area contributed by atoms with Crippen LogP contribution in [0.3, 0.4) is 0 Å². The van der Waals surface area contributed by atoms with Crippen molar-refractivity contribution < 1.29 is 22.7 Å². The number of nitrogens with zero attached hydrogens (tertiary/aromatic N) is 2. The van der Waals surface area contributed by atoms with Gasteiger partial charge in [-0.1, -0.05) is 44.0 Å². The summed E-state index contributed by atoms with van der Waals surface area (Å²) in [4.78, 5) is 28.7. The Balaban J connectivity index is 1.79. The normalized spacial score (nSPS) is 14.6. The van der Waals surface area contributed by atoms with Crippen LogP contribution in [0, 0.1) is 13.8 Å². The highest BCUT2D eigenvalue weighted by atomic mass is 32.2. The van der Waals surface area contributed by atoms with Crippen LogP contribution in [-0.4, -0.2) is 57.1 Å². The van der Waals surface area contributed by atoms with E-state index in [2.05, 4.69) is 5.32 Å². The van der Waals surface area contributed by atoms with E-state index in [1.165, 1.54) is 10.6 Å². The number of ether oxygens (including phenoxy) is 1. The lowest BCUT2D eigenvalue weighted by Crippen LogP contribution is -2.51. The first-order chi connectivity index (χ1) is 18.5. The lowest BCUT2D eigenvalue weighted by molar-refractivity contribution is -0.141. The summed E-state index contributed by atoms with van der Waals surface area (Å²) in [5.74, 6) is 0.370. The second kappa shape index (κ2) is 13.8. The van der Waals surface area contributed by atoms with E-state index in [0.717, 1.165) is 42.4 Å². The van der Waals surface area contributed by atoms with Crippen LogP contribution in [0.25, 0.3) is 0 Å². The molecule has 0 saturated heterocycles. The fourth-order valence-electron chi connectivity index (χ4n) is 5.23. The first kappa shape index (κ1) is 30.5. The zero-order chi connectivity index (χ0) is 28.6. The molecule has 1 fully saturated rings. The summed E-state index contributed by atoms with van der Waals surface area (Å²) in [5, 5.41) is 3.16. The van der Waals surface area contributed by atoms with Gasteiger partial charge in [-0.15, -0.1) is 0 Å². The number of nitrogens with one attached hydrogen (secondary N) is 1. The van der Waals surface area contributed by atoms with Crippen LogP contribution in [0.4, 0.5) is 5.69 Å². The van der Waals surface area contributed by atoms with Crippen molar-refractivity contribution in [2.24, 2.45) is 0 Å². The molecule has 0 unspecified atom stereocenters. The third-order valence-electron chi connectivity index (χ3n) is 7.36. The van der Waals surface area contributed by atoms with E-state index in [1.807, 2.05) is 63.2 Å². The molecular formula is C30H43N3O5S. The minimum atomic E-state index is -3.55. The van der Waals surface area contributed by atoms with E-state index in [1.54, 1.807) is 12.0 Å². The minimum absolute atomic E-state index is 0.119. The van der Waals surface area contributed by atoms with E-state index in [4.69, 9.17) is 4.74 Å². The van der Waals surface area contributed by atoms with Crippen molar-refractivity contribution in [2.75, 3.05) is 24.2 Å². The van der Waals surface area contributed by atoms with Gasteiger partial charge in [-0.25, -0.2) is 8.42 Å². The van der Waals surface area contributed by atoms with E-state index in [0.29, 0.717) is 24.3 Å². The molecule has 0 bridgehead atoms. The van der Waals surface area contributed by atoms with Gasteiger partial charge in [-0.2, -0.15) is 0 Å². The maximum atomic E-state index is 13.7. The maximum absolute atomic E-state index is 13.7. The van der Waals surface area contributed by atoms with Crippen LogP contribution < -0.4 is 14.4 Å². The molecule has 0 aliphatic heterocycles. The molecule has 0 heterocycles. The van der Waals surface area contributed by atoms with Gasteiger partial charge in [0.2, 0.25) is 21.8 Å². The number of anilines is 1. The Labute approximate surface area is 233 Å². The third kappa shape index (κ3) is 8.46. The van der Waals surface area contributed by atoms with Gasteiger partial charge >= 0.3 is 0 Å². The van der Waals surface area contributed by atoms with Crippen LogP contribution >= 0.6 is 0 Å². The third-order valence-corrected chi connectivity index (χ3v) is 8.54. The predicted molar refractivity (Wildman–Crippen MR) is 155 cm³/mol. The van der Waals surface area contributed by atoms with Crippen LogP contribution in [0.2, 0.25) is 0 Å². The maximum Gasteiger partial charge on any atom is 0.243 e. The Morgan fingerprint density at radius 2 is 1.82 bits per heavy atom. The number of benzene rings is 2. The molecule has 2 aromatic rings. The summed E-state index contributed by atoms with van der Waals surface area (Å²) in [6.45, 7) is 6.15. The molecule has 8 nitrogen and oxygen atoms in total. The van der Waals surface area contributed by atoms with Gasteiger partial charge in [-0.05, 0) is 74.4 Å². The number of carbonyl (C=O) groups excluding carboxylic acids is 2. The predicted octanol–water partition coefficient (Wildman–Crippen LogP) is 4.72. The molecule has 2 amide bonds. The summed E-state index contributed by atoms with van der Waals surface area (Å²) >= 11 is 0. The Kier molecular flexibility index (Phi) is 10.8. The second-order valence-corrected chi connectivity index (χ2v) is 12.4. The van der Waals surface area contributed by atoms with Crippen molar-refractivity contribution in [1.29, 1.82) is 0 Å². The quantitative estimate of drug-likeness (QED) is 0.384. The average molecular weight is 558 g/mol. The van der Waals surface area contributed by atoms with E-state index >= 15 is 0 Å². The number of carbonyl (C=O) groups is 2. The Hall–Kier alpha value is -3.07. The molecule has 1 atom stereocenters. The average Bonchev–Trinajstić information content (AvgIpc) is 3.40. The van der Waals surface area contributed by atoms with Gasteiger partial charge in [0, 0.05) is 25.6 Å². The van der Waals surface area contributed by atoms with E-state index in [-0.39, 0.29) is 37.4 Å². The summed E-state index contributed by atoms with van der Waals surface area (Å²) in [7, 11) is -1.96. The van der Waals surface area contributed by atoms with Crippen LogP contribution in [0.1, 0.15) is 68.6 Å². The second-order valence-electron chi connectivity index (χ2n) is 10.5. The number of methoxy groups -OCH3 is 1. The van der Waals surface area contributed by atoms with Gasteiger partial charge in [-0.3, -0.25) is 13.9 Å². The fourth-order valence-corrected chi connectivity index (χ4v) is 6.24. The SMILES string of the molecule is CC[C@H](C(=O)NC1CCCC1)N(Cc1cccc(OC)c1)C(=O)CCCN(c1cc(C)ccc1C)S(C)(=O)=O. The molecule has 1 saturated carbocycles. The Morgan fingerprint density at radius 3 is 2.46 bits per heavy atom. The van der Waals surface area contributed by atoms with Gasteiger partial charge in [0.1, 0.15) is 11.8 Å². The molecule has 1 aliphatic carbocycles. The van der Waals surface area contributed by atoms with Gasteiger partial charge in [0.05, 0.1) is 19.1 Å². The molecule has 1 aliphatic rings. The van der Waals surface area contributed by atoms with Crippen molar-refractivity contribution in [3.63, 3.8) is 0 Å². The summed E-state index contributed by atoms with van der Waals surface area (Å²) in [6, 6.07) is 12.7.